The average Bonchev–Trinajstić information content (AvgIpc) is 3.03. The third-order valence-electron chi connectivity index (χ3n) is 2.97. The fourth-order valence-corrected chi connectivity index (χ4v) is 1.98. The molecule has 1 fully saturated rings. The molecule has 17 heavy (non-hydrogen) atoms. The molecule has 0 unspecified atom stereocenters. The van der Waals surface area contributed by atoms with Crippen LogP contribution in [0.4, 0.5) is 14.5 Å². The molecule has 0 heterocycles. The van der Waals surface area contributed by atoms with Gasteiger partial charge in [0.15, 0.2) is 11.6 Å². The monoisotopic (exact) mass is 304 g/mol. The predicted molar refractivity (Wildman–Crippen MR) is 63.4 cm³/mol. The highest BCUT2D eigenvalue weighted by atomic mass is 79.9. The number of halogens is 3. The number of carbonyl (C=O) groups is 1. The summed E-state index contributed by atoms with van der Waals surface area (Å²) in [4.78, 5) is 11.8. The van der Waals surface area contributed by atoms with Crippen LogP contribution in [0.2, 0.25) is 0 Å². The van der Waals surface area contributed by atoms with E-state index in [2.05, 4.69) is 21.2 Å². The van der Waals surface area contributed by atoms with Crippen LogP contribution < -0.4 is 11.1 Å². The second kappa shape index (κ2) is 4.34. The molecule has 1 amide bonds. The SMILES string of the molecule is NCC1(C(=O)Nc2c(F)cc(Br)cc2F)CC1. The smallest absolute Gasteiger partial charge is 0.232 e. The zero-order valence-corrected chi connectivity index (χ0v) is 10.5. The molecule has 3 nitrogen and oxygen atoms in total. The summed E-state index contributed by atoms with van der Waals surface area (Å²) in [6, 6.07) is 2.20. The number of rotatable bonds is 3. The quantitative estimate of drug-likeness (QED) is 0.901. The predicted octanol–water partition coefficient (Wildman–Crippen LogP) is 2.40. The first-order chi connectivity index (χ1) is 7.98. The number of nitrogens with two attached hydrogens (primary N) is 1. The van der Waals surface area contributed by atoms with E-state index in [4.69, 9.17) is 5.73 Å². The fourth-order valence-electron chi connectivity index (χ4n) is 1.58. The lowest BCUT2D eigenvalue weighted by Gasteiger charge is -2.14. The van der Waals surface area contributed by atoms with Gasteiger partial charge in [-0.2, -0.15) is 0 Å². The highest BCUT2D eigenvalue weighted by Crippen LogP contribution is 2.45. The van der Waals surface area contributed by atoms with Gasteiger partial charge in [-0.05, 0) is 25.0 Å². The Labute approximate surface area is 106 Å². The van der Waals surface area contributed by atoms with Crippen LogP contribution in [0, 0.1) is 17.0 Å². The van der Waals surface area contributed by atoms with Gasteiger partial charge in [0.25, 0.3) is 0 Å². The molecule has 0 bridgehead atoms. The molecular weight excluding hydrogens is 294 g/mol. The summed E-state index contributed by atoms with van der Waals surface area (Å²) in [5.74, 6) is -2.03. The zero-order valence-electron chi connectivity index (χ0n) is 8.90. The second-order valence-electron chi connectivity index (χ2n) is 4.18. The molecule has 0 aliphatic heterocycles. The Balaban J connectivity index is 2.22. The van der Waals surface area contributed by atoms with E-state index in [0.717, 1.165) is 12.1 Å². The van der Waals surface area contributed by atoms with Gasteiger partial charge in [0.2, 0.25) is 5.91 Å². The molecule has 1 saturated carbocycles. The van der Waals surface area contributed by atoms with E-state index in [-0.39, 0.29) is 11.0 Å². The lowest BCUT2D eigenvalue weighted by Crippen LogP contribution is -2.31. The van der Waals surface area contributed by atoms with E-state index in [9.17, 15) is 13.6 Å². The lowest BCUT2D eigenvalue weighted by atomic mass is 10.1. The maximum Gasteiger partial charge on any atom is 0.232 e. The molecule has 2 rings (SSSR count). The van der Waals surface area contributed by atoms with Crippen molar-refractivity contribution >= 4 is 27.5 Å². The van der Waals surface area contributed by atoms with Gasteiger partial charge in [0, 0.05) is 11.0 Å². The van der Waals surface area contributed by atoms with E-state index < -0.39 is 28.6 Å². The molecule has 0 spiro atoms. The van der Waals surface area contributed by atoms with Gasteiger partial charge in [0.1, 0.15) is 5.69 Å². The van der Waals surface area contributed by atoms with E-state index in [0.29, 0.717) is 12.8 Å². The van der Waals surface area contributed by atoms with Crippen LogP contribution in [0.15, 0.2) is 16.6 Å². The number of anilines is 1. The largest absolute Gasteiger partial charge is 0.329 e. The van der Waals surface area contributed by atoms with E-state index in [1.165, 1.54) is 0 Å². The third-order valence-corrected chi connectivity index (χ3v) is 3.43. The van der Waals surface area contributed by atoms with Crippen LogP contribution in [0.3, 0.4) is 0 Å². The zero-order chi connectivity index (χ0) is 12.6. The van der Waals surface area contributed by atoms with Crippen molar-refractivity contribution in [3.05, 3.63) is 28.2 Å². The van der Waals surface area contributed by atoms with Crippen LogP contribution >= 0.6 is 15.9 Å². The van der Waals surface area contributed by atoms with Crippen molar-refractivity contribution in [3.63, 3.8) is 0 Å². The first-order valence-corrected chi connectivity index (χ1v) is 5.94. The van der Waals surface area contributed by atoms with Gasteiger partial charge < -0.3 is 11.1 Å². The molecule has 1 aliphatic rings. The van der Waals surface area contributed by atoms with Crippen molar-refractivity contribution in [2.75, 3.05) is 11.9 Å². The summed E-state index contributed by atoms with van der Waals surface area (Å²) in [6.07, 6.45) is 1.32. The summed E-state index contributed by atoms with van der Waals surface area (Å²) in [7, 11) is 0. The summed E-state index contributed by atoms with van der Waals surface area (Å²) in [6.45, 7) is 0.193. The van der Waals surface area contributed by atoms with Crippen molar-refractivity contribution in [1.29, 1.82) is 0 Å². The average molecular weight is 305 g/mol. The molecule has 0 saturated heterocycles. The van der Waals surface area contributed by atoms with E-state index in [1.54, 1.807) is 0 Å². The van der Waals surface area contributed by atoms with Gasteiger partial charge in [-0.25, -0.2) is 8.78 Å². The maximum absolute atomic E-state index is 13.5. The topological polar surface area (TPSA) is 55.1 Å². The van der Waals surface area contributed by atoms with E-state index >= 15 is 0 Å². The van der Waals surface area contributed by atoms with Crippen molar-refractivity contribution in [2.24, 2.45) is 11.1 Å². The van der Waals surface area contributed by atoms with Crippen LogP contribution in [-0.2, 0) is 4.79 Å². The third kappa shape index (κ3) is 2.32. The first kappa shape index (κ1) is 12.4. The summed E-state index contributed by atoms with van der Waals surface area (Å²) < 4.78 is 27.2. The van der Waals surface area contributed by atoms with Gasteiger partial charge in [-0.1, -0.05) is 15.9 Å². The molecule has 6 heteroatoms. The minimum absolute atomic E-state index is 0.193. The lowest BCUT2D eigenvalue weighted by molar-refractivity contribution is -0.120. The fraction of sp³-hybridized carbons (Fsp3) is 0.364. The number of carbonyl (C=O) groups excluding carboxylic acids is 1. The van der Waals surface area contributed by atoms with Crippen LogP contribution in [-0.4, -0.2) is 12.5 Å². The Morgan fingerprint density at radius 2 is 1.94 bits per heavy atom. The molecule has 0 aromatic heterocycles. The summed E-state index contributed by atoms with van der Waals surface area (Å²) in [5.41, 5.74) is 4.42. The minimum Gasteiger partial charge on any atom is -0.329 e. The van der Waals surface area contributed by atoms with Crippen LogP contribution in [0.1, 0.15) is 12.8 Å². The molecular formula is C11H11BrF2N2O. The summed E-state index contributed by atoms with van der Waals surface area (Å²) >= 11 is 2.97. The minimum atomic E-state index is -0.807. The maximum atomic E-state index is 13.5. The Hall–Kier alpha value is -1.01. The molecule has 1 aromatic rings. The number of hydrogen-bond acceptors (Lipinski definition) is 2. The van der Waals surface area contributed by atoms with Gasteiger partial charge in [0.05, 0.1) is 5.41 Å². The number of nitrogens with one attached hydrogen (secondary N) is 1. The summed E-state index contributed by atoms with van der Waals surface area (Å²) in [5, 5.41) is 2.27. The normalized spacial score (nSPS) is 16.7. The van der Waals surface area contributed by atoms with Gasteiger partial charge in [-0.3, -0.25) is 4.79 Å². The number of hydrogen-bond donors (Lipinski definition) is 2. The Bertz CT molecular complexity index is 452. The van der Waals surface area contributed by atoms with E-state index in [1.807, 2.05) is 0 Å². The Kier molecular flexibility index (Phi) is 3.18. The molecule has 92 valence electrons. The number of benzene rings is 1. The number of amides is 1. The Morgan fingerprint density at radius 3 is 2.35 bits per heavy atom. The molecule has 0 radical (unpaired) electrons. The van der Waals surface area contributed by atoms with Crippen molar-refractivity contribution in [3.8, 4) is 0 Å². The van der Waals surface area contributed by atoms with Crippen molar-refractivity contribution in [1.82, 2.24) is 0 Å². The molecule has 3 N–H and O–H groups in total. The van der Waals surface area contributed by atoms with Crippen LogP contribution in [0.5, 0.6) is 0 Å². The standard InChI is InChI=1S/C11H11BrF2N2O/c12-6-3-7(13)9(8(14)4-6)16-10(17)11(5-15)1-2-11/h3-4H,1-2,5,15H2,(H,16,17). The highest BCUT2D eigenvalue weighted by Gasteiger charge is 2.48. The molecule has 1 aromatic carbocycles. The van der Waals surface area contributed by atoms with Crippen molar-refractivity contribution < 1.29 is 13.6 Å². The first-order valence-electron chi connectivity index (χ1n) is 5.14. The highest BCUT2D eigenvalue weighted by molar-refractivity contribution is 9.10. The van der Waals surface area contributed by atoms with Crippen molar-refractivity contribution in [2.45, 2.75) is 12.8 Å². The van der Waals surface area contributed by atoms with Gasteiger partial charge >= 0.3 is 0 Å². The Morgan fingerprint density at radius 1 is 1.41 bits per heavy atom. The van der Waals surface area contributed by atoms with Gasteiger partial charge in [-0.15, -0.1) is 0 Å². The molecule has 0 atom stereocenters. The van der Waals surface area contributed by atoms with Crippen LogP contribution in [0.25, 0.3) is 0 Å². The molecule has 1 aliphatic carbocycles. The second-order valence-corrected chi connectivity index (χ2v) is 5.10.